The Morgan fingerprint density at radius 3 is 2.72 bits per heavy atom. The number of rotatable bonds is 5. The van der Waals surface area contributed by atoms with Gasteiger partial charge in [-0.1, -0.05) is 0 Å². The summed E-state index contributed by atoms with van der Waals surface area (Å²) in [5.41, 5.74) is 6.99. The van der Waals surface area contributed by atoms with Crippen molar-refractivity contribution in [1.29, 1.82) is 0 Å². The van der Waals surface area contributed by atoms with Gasteiger partial charge >= 0.3 is 0 Å². The van der Waals surface area contributed by atoms with Crippen LogP contribution in [0.3, 0.4) is 0 Å². The molecule has 1 fully saturated rings. The molecule has 1 aliphatic heterocycles. The molecule has 1 heterocycles. The number of methoxy groups -OCH3 is 1. The summed E-state index contributed by atoms with van der Waals surface area (Å²) < 4.78 is 5.08. The molecule has 0 aliphatic carbocycles. The minimum Gasteiger partial charge on any atom is -0.495 e. The monoisotopic (exact) mass is 248 g/mol. The maximum atomic E-state index is 12.0. The number of hydrogen-bond acceptors (Lipinski definition) is 4. The number of carbonyl (C=O) groups excluding carboxylic acids is 1. The average Bonchev–Trinajstić information content (AvgIpc) is 2.89. The van der Waals surface area contributed by atoms with Crippen LogP contribution < -0.4 is 10.5 Å². The standard InChI is InChI=1S/C14H20N2O2/c1-18-14-5-4-11(10-12(14)15)13(17)6-9-16-7-2-3-8-16/h4-5,10H,2-3,6-9,15H2,1H3. The molecular weight excluding hydrogens is 228 g/mol. The van der Waals surface area contributed by atoms with Crippen molar-refractivity contribution in [2.75, 3.05) is 32.5 Å². The van der Waals surface area contributed by atoms with E-state index in [1.54, 1.807) is 25.3 Å². The topological polar surface area (TPSA) is 55.6 Å². The Morgan fingerprint density at radius 2 is 2.11 bits per heavy atom. The summed E-state index contributed by atoms with van der Waals surface area (Å²) in [5, 5.41) is 0. The lowest BCUT2D eigenvalue weighted by molar-refractivity contribution is 0.0969. The second kappa shape index (κ2) is 5.87. The Hall–Kier alpha value is -1.55. The highest BCUT2D eigenvalue weighted by atomic mass is 16.5. The summed E-state index contributed by atoms with van der Waals surface area (Å²) >= 11 is 0. The molecule has 1 saturated heterocycles. The Kier molecular flexibility index (Phi) is 4.20. The number of hydrogen-bond donors (Lipinski definition) is 1. The number of nitrogens with zero attached hydrogens (tertiary/aromatic N) is 1. The van der Waals surface area contributed by atoms with Crippen LogP contribution in [-0.2, 0) is 0 Å². The molecule has 2 N–H and O–H groups in total. The van der Waals surface area contributed by atoms with E-state index < -0.39 is 0 Å². The van der Waals surface area contributed by atoms with E-state index in [0.717, 1.165) is 19.6 Å². The van der Waals surface area contributed by atoms with Crippen LogP contribution in [0.4, 0.5) is 5.69 Å². The summed E-state index contributed by atoms with van der Waals surface area (Å²) in [5.74, 6) is 0.766. The molecule has 0 atom stereocenters. The van der Waals surface area contributed by atoms with E-state index in [2.05, 4.69) is 4.90 Å². The minimum atomic E-state index is 0.149. The van der Waals surface area contributed by atoms with E-state index >= 15 is 0 Å². The summed E-state index contributed by atoms with van der Waals surface area (Å²) in [6.07, 6.45) is 3.07. The van der Waals surface area contributed by atoms with Gasteiger partial charge in [0.1, 0.15) is 5.75 Å². The van der Waals surface area contributed by atoms with Crippen molar-refractivity contribution < 1.29 is 9.53 Å². The molecule has 1 aromatic rings. The van der Waals surface area contributed by atoms with Gasteiger partial charge in [0.25, 0.3) is 0 Å². The van der Waals surface area contributed by atoms with Gasteiger partial charge in [0.2, 0.25) is 0 Å². The Balaban J connectivity index is 1.93. The van der Waals surface area contributed by atoms with Gasteiger partial charge in [-0.15, -0.1) is 0 Å². The van der Waals surface area contributed by atoms with Crippen molar-refractivity contribution in [3.8, 4) is 5.75 Å². The molecule has 98 valence electrons. The molecule has 0 aromatic heterocycles. The molecule has 0 amide bonds. The molecule has 4 heteroatoms. The lowest BCUT2D eigenvalue weighted by Gasteiger charge is -2.13. The maximum Gasteiger partial charge on any atom is 0.164 e. The molecule has 0 bridgehead atoms. The minimum absolute atomic E-state index is 0.149. The average molecular weight is 248 g/mol. The molecule has 0 spiro atoms. The van der Waals surface area contributed by atoms with E-state index in [1.165, 1.54) is 12.8 Å². The normalized spacial score (nSPS) is 15.8. The van der Waals surface area contributed by atoms with Crippen LogP contribution in [0.2, 0.25) is 0 Å². The van der Waals surface area contributed by atoms with Crippen LogP contribution in [0.15, 0.2) is 18.2 Å². The predicted octanol–water partition coefficient (Wildman–Crippen LogP) is 1.95. The SMILES string of the molecule is COc1ccc(C(=O)CCN2CCCC2)cc1N. The number of carbonyl (C=O) groups is 1. The molecular formula is C14H20N2O2. The largest absolute Gasteiger partial charge is 0.495 e. The van der Waals surface area contributed by atoms with Crippen molar-refractivity contribution in [3.63, 3.8) is 0 Å². The fourth-order valence-electron chi connectivity index (χ4n) is 2.32. The second-order valence-electron chi connectivity index (χ2n) is 4.68. The molecule has 1 aliphatic rings. The first-order chi connectivity index (χ1) is 8.70. The van der Waals surface area contributed by atoms with Gasteiger partial charge in [-0.3, -0.25) is 4.79 Å². The highest BCUT2D eigenvalue weighted by Gasteiger charge is 2.14. The van der Waals surface area contributed by atoms with E-state index in [9.17, 15) is 4.79 Å². The number of ether oxygens (including phenoxy) is 1. The summed E-state index contributed by atoms with van der Waals surface area (Å²) in [6, 6.07) is 5.23. The van der Waals surface area contributed by atoms with E-state index in [-0.39, 0.29) is 5.78 Å². The van der Waals surface area contributed by atoms with Gasteiger partial charge < -0.3 is 15.4 Å². The second-order valence-corrected chi connectivity index (χ2v) is 4.68. The zero-order chi connectivity index (χ0) is 13.0. The molecule has 0 saturated carbocycles. The molecule has 0 unspecified atom stereocenters. The number of nitrogen functional groups attached to an aromatic ring is 1. The third-order valence-electron chi connectivity index (χ3n) is 3.41. The van der Waals surface area contributed by atoms with Gasteiger partial charge in [0.15, 0.2) is 5.78 Å². The van der Waals surface area contributed by atoms with Gasteiger partial charge in [0.05, 0.1) is 12.8 Å². The predicted molar refractivity (Wildman–Crippen MR) is 72.0 cm³/mol. The fourth-order valence-corrected chi connectivity index (χ4v) is 2.32. The third kappa shape index (κ3) is 3.01. The van der Waals surface area contributed by atoms with Crippen LogP contribution in [0.25, 0.3) is 0 Å². The quantitative estimate of drug-likeness (QED) is 0.639. The first-order valence-corrected chi connectivity index (χ1v) is 6.40. The number of Topliss-reactive ketones (excluding diaryl/α,β-unsaturated/α-hetero) is 1. The smallest absolute Gasteiger partial charge is 0.164 e. The lowest BCUT2D eigenvalue weighted by Crippen LogP contribution is -2.22. The van der Waals surface area contributed by atoms with E-state index in [4.69, 9.17) is 10.5 Å². The van der Waals surface area contributed by atoms with E-state index in [1.807, 2.05) is 0 Å². The van der Waals surface area contributed by atoms with Crippen molar-refractivity contribution in [3.05, 3.63) is 23.8 Å². The molecule has 18 heavy (non-hydrogen) atoms. The number of anilines is 1. The van der Waals surface area contributed by atoms with Gasteiger partial charge in [-0.25, -0.2) is 0 Å². The Labute approximate surface area is 108 Å². The summed E-state index contributed by atoms with van der Waals surface area (Å²) in [6.45, 7) is 3.10. The highest BCUT2D eigenvalue weighted by molar-refractivity contribution is 5.97. The number of likely N-dealkylation sites (tertiary alicyclic amines) is 1. The van der Waals surface area contributed by atoms with Crippen molar-refractivity contribution in [2.24, 2.45) is 0 Å². The van der Waals surface area contributed by atoms with Gasteiger partial charge in [-0.05, 0) is 44.1 Å². The van der Waals surface area contributed by atoms with Crippen LogP contribution in [0.1, 0.15) is 29.6 Å². The van der Waals surface area contributed by atoms with E-state index in [0.29, 0.717) is 23.4 Å². The van der Waals surface area contributed by atoms with Crippen LogP contribution >= 0.6 is 0 Å². The number of benzene rings is 1. The van der Waals surface area contributed by atoms with Gasteiger partial charge in [0, 0.05) is 18.5 Å². The molecule has 2 rings (SSSR count). The van der Waals surface area contributed by atoms with Crippen LogP contribution in [0, 0.1) is 0 Å². The summed E-state index contributed by atoms with van der Waals surface area (Å²) in [7, 11) is 1.57. The third-order valence-corrected chi connectivity index (χ3v) is 3.41. The van der Waals surface area contributed by atoms with Gasteiger partial charge in [-0.2, -0.15) is 0 Å². The first-order valence-electron chi connectivity index (χ1n) is 6.40. The zero-order valence-electron chi connectivity index (χ0n) is 10.8. The Morgan fingerprint density at radius 1 is 1.39 bits per heavy atom. The van der Waals surface area contributed by atoms with Crippen LogP contribution in [-0.4, -0.2) is 37.4 Å². The van der Waals surface area contributed by atoms with Crippen molar-refractivity contribution >= 4 is 11.5 Å². The molecule has 4 nitrogen and oxygen atoms in total. The van der Waals surface area contributed by atoms with Crippen LogP contribution in [0.5, 0.6) is 5.75 Å². The highest BCUT2D eigenvalue weighted by Crippen LogP contribution is 2.22. The lowest BCUT2D eigenvalue weighted by atomic mass is 10.1. The number of ketones is 1. The zero-order valence-corrected chi connectivity index (χ0v) is 10.8. The molecule has 0 radical (unpaired) electrons. The summed E-state index contributed by atoms with van der Waals surface area (Å²) in [4.78, 5) is 14.4. The van der Waals surface area contributed by atoms with Crippen molar-refractivity contribution in [1.82, 2.24) is 4.90 Å². The fraction of sp³-hybridized carbons (Fsp3) is 0.500. The number of nitrogens with two attached hydrogens (primary N) is 1. The Bertz CT molecular complexity index is 426. The molecule has 1 aromatic carbocycles. The van der Waals surface area contributed by atoms with Crippen molar-refractivity contribution in [2.45, 2.75) is 19.3 Å². The maximum absolute atomic E-state index is 12.0. The first kappa shape index (κ1) is 12.9.